The summed E-state index contributed by atoms with van der Waals surface area (Å²) in [5.74, 6) is 0.227. The Bertz CT molecular complexity index is 306. The molecule has 1 aromatic rings. The van der Waals surface area contributed by atoms with Gasteiger partial charge in [0.1, 0.15) is 0 Å². The minimum Gasteiger partial charge on any atom is -0.284 e. The molecule has 0 aromatic heterocycles. The summed E-state index contributed by atoms with van der Waals surface area (Å²) in [6.45, 7) is 1.85. The third-order valence-corrected chi connectivity index (χ3v) is 2.23. The van der Waals surface area contributed by atoms with E-state index in [1.165, 1.54) is 0 Å². The highest BCUT2D eigenvalue weighted by molar-refractivity contribution is 8.15. The Balaban J connectivity index is 2.74. The molecule has 0 amide bonds. The number of Topliss-reactive ketones (excluding diaryl/α,β-unsaturated/α-hetero) is 1. The molecule has 0 N–H and O–H groups in total. The predicted molar refractivity (Wildman–Crippen MR) is 53.9 cm³/mol. The van der Waals surface area contributed by atoms with Crippen molar-refractivity contribution in [2.24, 2.45) is 0 Å². The molecule has 0 atom stereocenters. The van der Waals surface area contributed by atoms with Crippen molar-refractivity contribution in [1.29, 1.82) is 0 Å². The highest BCUT2D eigenvalue weighted by Crippen LogP contribution is 2.08. The standard InChI is InChI=1S/C10H10O2S/c1-2-13-10(12)9(11)8-6-4-3-5-7-8/h3-7H,2H2,1H3. The molecule has 0 radical (unpaired) electrons. The maximum absolute atomic E-state index is 11.4. The van der Waals surface area contributed by atoms with Gasteiger partial charge in [0.2, 0.25) is 5.78 Å². The number of carbonyl (C=O) groups is 2. The summed E-state index contributed by atoms with van der Waals surface area (Å²) in [5, 5.41) is -0.381. The molecule has 0 bridgehead atoms. The summed E-state index contributed by atoms with van der Waals surface area (Å²) in [6.07, 6.45) is 0. The van der Waals surface area contributed by atoms with Gasteiger partial charge in [-0.05, 0) is 5.75 Å². The van der Waals surface area contributed by atoms with Gasteiger partial charge in [0.25, 0.3) is 5.12 Å². The average Bonchev–Trinajstić information content (AvgIpc) is 2.18. The fraction of sp³-hybridized carbons (Fsp3) is 0.200. The topological polar surface area (TPSA) is 34.1 Å². The Morgan fingerprint density at radius 2 is 1.85 bits per heavy atom. The molecule has 0 aliphatic rings. The average molecular weight is 194 g/mol. The first-order valence-corrected chi connectivity index (χ1v) is 5.00. The summed E-state index contributed by atoms with van der Waals surface area (Å²) in [6, 6.07) is 8.61. The SMILES string of the molecule is CCSC(=O)C(=O)c1ccccc1. The highest BCUT2D eigenvalue weighted by Gasteiger charge is 2.14. The van der Waals surface area contributed by atoms with Gasteiger partial charge in [0, 0.05) is 5.56 Å². The lowest BCUT2D eigenvalue weighted by atomic mass is 10.1. The van der Waals surface area contributed by atoms with Crippen LogP contribution in [0, 0.1) is 0 Å². The molecular weight excluding hydrogens is 184 g/mol. The zero-order chi connectivity index (χ0) is 9.68. The summed E-state index contributed by atoms with van der Waals surface area (Å²) in [7, 11) is 0. The van der Waals surface area contributed by atoms with Crippen molar-refractivity contribution in [3.63, 3.8) is 0 Å². The van der Waals surface area contributed by atoms with Crippen LogP contribution >= 0.6 is 11.8 Å². The molecular formula is C10H10O2S. The maximum Gasteiger partial charge on any atom is 0.259 e. The lowest BCUT2D eigenvalue weighted by Crippen LogP contribution is -2.10. The third kappa shape index (κ3) is 2.70. The van der Waals surface area contributed by atoms with Gasteiger partial charge in [-0.1, -0.05) is 49.0 Å². The zero-order valence-electron chi connectivity index (χ0n) is 7.32. The molecule has 68 valence electrons. The van der Waals surface area contributed by atoms with Crippen LogP contribution in [0.2, 0.25) is 0 Å². The van der Waals surface area contributed by atoms with E-state index in [-0.39, 0.29) is 5.12 Å². The van der Waals surface area contributed by atoms with E-state index in [1.807, 2.05) is 13.0 Å². The van der Waals surface area contributed by atoms with Crippen molar-refractivity contribution in [2.45, 2.75) is 6.92 Å². The Morgan fingerprint density at radius 3 is 2.38 bits per heavy atom. The number of benzene rings is 1. The number of hydrogen-bond acceptors (Lipinski definition) is 3. The van der Waals surface area contributed by atoms with Crippen molar-refractivity contribution in [2.75, 3.05) is 5.75 Å². The van der Waals surface area contributed by atoms with E-state index in [9.17, 15) is 9.59 Å². The van der Waals surface area contributed by atoms with E-state index in [1.54, 1.807) is 24.3 Å². The molecule has 0 saturated carbocycles. The van der Waals surface area contributed by atoms with Crippen LogP contribution in [0.4, 0.5) is 0 Å². The van der Waals surface area contributed by atoms with Gasteiger partial charge < -0.3 is 0 Å². The van der Waals surface area contributed by atoms with Crippen LogP contribution in [0.5, 0.6) is 0 Å². The van der Waals surface area contributed by atoms with Crippen LogP contribution < -0.4 is 0 Å². The molecule has 0 spiro atoms. The molecule has 1 rings (SSSR count). The van der Waals surface area contributed by atoms with Crippen LogP contribution in [-0.4, -0.2) is 16.7 Å². The Morgan fingerprint density at radius 1 is 1.23 bits per heavy atom. The van der Waals surface area contributed by atoms with Crippen molar-refractivity contribution < 1.29 is 9.59 Å². The van der Waals surface area contributed by atoms with Crippen molar-refractivity contribution in [3.8, 4) is 0 Å². The van der Waals surface area contributed by atoms with E-state index in [0.29, 0.717) is 11.3 Å². The first kappa shape index (κ1) is 9.99. The van der Waals surface area contributed by atoms with Gasteiger partial charge in [-0.2, -0.15) is 0 Å². The number of rotatable bonds is 3. The summed E-state index contributed by atoms with van der Waals surface area (Å²) >= 11 is 1.05. The molecule has 0 aliphatic heterocycles. The normalized spacial score (nSPS) is 9.62. The largest absolute Gasteiger partial charge is 0.284 e. The Kier molecular flexibility index (Phi) is 3.71. The fourth-order valence-electron chi connectivity index (χ4n) is 0.904. The van der Waals surface area contributed by atoms with Crippen LogP contribution in [0.3, 0.4) is 0 Å². The minimum absolute atomic E-state index is 0.381. The fourth-order valence-corrected chi connectivity index (χ4v) is 1.42. The molecule has 3 heteroatoms. The lowest BCUT2D eigenvalue weighted by Gasteiger charge is -1.96. The van der Waals surface area contributed by atoms with Gasteiger partial charge in [-0.25, -0.2) is 0 Å². The lowest BCUT2D eigenvalue weighted by molar-refractivity contribution is -0.107. The Hall–Kier alpha value is -1.09. The number of carbonyl (C=O) groups excluding carboxylic acids is 2. The van der Waals surface area contributed by atoms with Crippen molar-refractivity contribution in [3.05, 3.63) is 35.9 Å². The molecule has 0 heterocycles. The van der Waals surface area contributed by atoms with Crippen molar-refractivity contribution >= 4 is 22.7 Å². The van der Waals surface area contributed by atoms with E-state index in [4.69, 9.17) is 0 Å². The Labute approximate surface area is 81.3 Å². The van der Waals surface area contributed by atoms with Gasteiger partial charge in [-0.15, -0.1) is 0 Å². The molecule has 0 saturated heterocycles. The van der Waals surface area contributed by atoms with Gasteiger partial charge in [0.15, 0.2) is 0 Å². The first-order valence-electron chi connectivity index (χ1n) is 4.02. The zero-order valence-corrected chi connectivity index (χ0v) is 8.14. The highest BCUT2D eigenvalue weighted by atomic mass is 32.2. The molecule has 0 unspecified atom stereocenters. The van der Waals surface area contributed by atoms with Crippen LogP contribution in [0.25, 0.3) is 0 Å². The van der Waals surface area contributed by atoms with E-state index >= 15 is 0 Å². The van der Waals surface area contributed by atoms with E-state index in [2.05, 4.69) is 0 Å². The summed E-state index contributed by atoms with van der Waals surface area (Å²) in [4.78, 5) is 22.5. The summed E-state index contributed by atoms with van der Waals surface area (Å²) < 4.78 is 0. The van der Waals surface area contributed by atoms with Crippen LogP contribution in [0.15, 0.2) is 30.3 Å². The van der Waals surface area contributed by atoms with Gasteiger partial charge >= 0.3 is 0 Å². The number of hydrogen-bond donors (Lipinski definition) is 0. The second-order valence-electron chi connectivity index (χ2n) is 2.42. The number of thioether (sulfide) groups is 1. The van der Waals surface area contributed by atoms with Gasteiger partial charge in [0.05, 0.1) is 0 Å². The second-order valence-corrected chi connectivity index (χ2v) is 3.65. The predicted octanol–water partition coefficient (Wildman–Crippen LogP) is 2.15. The second kappa shape index (κ2) is 4.82. The molecule has 0 fully saturated rings. The number of ketones is 1. The molecule has 0 aliphatic carbocycles. The van der Waals surface area contributed by atoms with Crippen molar-refractivity contribution in [1.82, 2.24) is 0 Å². The van der Waals surface area contributed by atoms with Gasteiger partial charge in [-0.3, -0.25) is 9.59 Å². The molecule has 2 nitrogen and oxygen atoms in total. The first-order chi connectivity index (χ1) is 6.25. The molecule has 1 aromatic carbocycles. The molecule has 13 heavy (non-hydrogen) atoms. The van der Waals surface area contributed by atoms with E-state index in [0.717, 1.165) is 11.8 Å². The third-order valence-electron chi connectivity index (χ3n) is 1.50. The quantitative estimate of drug-likeness (QED) is 0.546. The van der Waals surface area contributed by atoms with E-state index < -0.39 is 5.78 Å². The van der Waals surface area contributed by atoms with Crippen LogP contribution in [-0.2, 0) is 4.79 Å². The maximum atomic E-state index is 11.4. The summed E-state index contributed by atoms with van der Waals surface area (Å²) in [5.41, 5.74) is 0.466. The van der Waals surface area contributed by atoms with Crippen LogP contribution in [0.1, 0.15) is 17.3 Å². The smallest absolute Gasteiger partial charge is 0.259 e. The monoisotopic (exact) mass is 194 g/mol. The minimum atomic E-state index is -0.410.